The Morgan fingerprint density at radius 2 is 1.88 bits per heavy atom. The third kappa shape index (κ3) is 4.08. The van der Waals surface area contributed by atoms with Crippen molar-refractivity contribution in [3.05, 3.63) is 64.0 Å². The Morgan fingerprint density at radius 3 is 2.54 bits per heavy atom. The molecular formula is C20H19NO4S. The molecule has 2 N–H and O–H groups in total. The number of aryl methyl sites for hydroxylation is 1. The summed E-state index contributed by atoms with van der Waals surface area (Å²) in [6, 6.07) is 12.4. The molecule has 0 radical (unpaired) electrons. The van der Waals surface area contributed by atoms with Crippen LogP contribution in [-0.2, 0) is 17.0 Å². The van der Waals surface area contributed by atoms with E-state index in [-0.39, 0.29) is 11.7 Å². The van der Waals surface area contributed by atoms with E-state index in [1.165, 1.54) is 19.1 Å². The van der Waals surface area contributed by atoms with E-state index in [1.54, 1.807) is 11.8 Å². The number of aromatic hydroxyl groups is 1. The molecule has 0 saturated carbocycles. The zero-order valence-electron chi connectivity index (χ0n) is 14.5. The Bertz CT molecular complexity index is 1010. The maximum Gasteiger partial charge on any atom is 0.336 e. The predicted molar refractivity (Wildman–Crippen MR) is 104 cm³/mol. The number of carbonyl (C=O) groups excluding carboxylic acids is 1. The standard InChI is InChI=1S/C20H19NO4S/c1-3-13-8-17-14(9-20(24)25-19(17)10-18(13)23)11-26-16-6-4-15(5-7-16)21-12(2)22/h4-10,23H,3,11H2,1-2H3,(H,21,22). The van der Waals surface area contributed by atoms with E-state index in [0.717, 1.165) is 27.1 Å². The molecule has 0 aliphatic carbocycles. The van der Waals surface area contributed by atoms with Gasteiger partial charge in [0.2, 0.25) is 5.91 Å². The quantitative estimate of drug-likeness (QED) is 0.517. The number of phenols is 1. The molecule has 0 spiro atoms. The summed E-state index contributed by atoms with van der Waals surface area (Å²) in [6.07, 6.45) is 0.693. The minimum atomic E-state index is -0.433. The molecular weight excluding hydrogens is 350 g/mol. The van der Waals surface area contributed by atoms with Crippen molar-refractivity contribution >= 4 is 34.3 Å². The van der Waals surface area contributed by atoms with Crippen LogP contribution in [0.5, 0.6) is 5.75 Å². The van der Waals surface area contributed by atoms with Crippen molar-refractivity contribution in [3.63, 3.8) is 0 Å². The van der Waals surface area contributed by atoms with E-state index in [9.17, 15) is 14.7 Å². The van der Waals surface area contributed by atoms with Crippen LogP contribution in [0, 0.1) is 0 Å². The molecule has 0 bridgehead atoms. The van der Waals surface area contributed by atoms with Gasteiger partial charge in [-0.25, -0.2) is 4.79 Å². The predicted octanol–water partition coefficient (Wildman–Crippen LogP) is 4.31. The van der Waals surface area contributed by atoms with E-state index in [1.807, 2.05) is 37.3 Å². The number of hydrogen-bond donors (Lipinski definition) is 2. The highest BCUT2D eigenvalue weighted by Crippen LogP contribution is 2.31. The smallest absolute Gasteiger partial charge is 0.336 e. The van der Waals surface area contributed by atoms with Crippen LogP contribution >= 0.6 is 11.8 Å². The number of phenolic OH excluding ortho intramolecular Hbond substituents is 1. The van der Waals surface area contributed by atoms with Crippen molar-refractivity contribution in [3.8, 4) is 5.75 Å². The lowest BCUT2D eigenvalue weighted by atomic mass is 10.1. The zero-order valence-corrected chi connectivity index (χ0v) is 15.4. The van der Waals surface area contributed by atoms with Crippen LogP contribution in [0.15, 0.2) is 56.6 Å². The van der Waals surface area contributed by atoms with Crippen molar-refractivity contribution in [1.29, 1.82) is 0 Å². The maximum atomic E-state index is 11.8. The first-order chi connectivity index (χ1) is 12.5. The van der Waals surface area contributed by atoms with Gasteiger partial charge in [0.15, 0.2) is 0 Å². The SMILES string of the molecule is CCc1cc2c(CSc3ccc(NC(C)=O)cc3)cc(=O)oc2cc1O. The molecule has 1 heterocycles. The average Bonchev–Trinajstić information content (AvgIpc) is 2.59. The Labute approximate surface area is 155 Å². The number of rotatable bonds is 5. The number of hydrogen-bond acceptors (Lipinski definition) is 5. The summed E-state index contributed by atoms with van der Waals surface area (Å²) in [5.41, 5.74) is 2.39. The van der Waals surface area contributed by atoms with E-state index < -0.39 is 5.63 Å². The van der Waals surface area contributed by atoms with E-state index in [0.29, 0.717) is 17.8 Å². The Balaban J connectivity index is 1.86. The van der Waals surface area contributed by atoms with Crippen LogP contribution < -0.4 is 10.9 Å². The molecule has 3 aromatic rings. The lowest BCUT2D eigenvalue weighted by molar-refractivity contribution is -0.114. The molecule has 0 unspecified atom stereocenters. The fourth-order valence-electron chi connectivity index (χ4n) is 2.71. The summed E-state index contributed by atoms with van der Waals surface area (Å²) >= 11 is 1.59. The van der Waals surface area contributed by atoms with Crippen molar-refractivity contribution in [1.82, 2.24) is 0 Å². The average molecular weight is 369 g/mol. The number of anilines is 1. The molecule has 0 atom stereocenters. The molecule has 2 aromatic carbocycles. The number of thioether (sulfide) groups is 1. The summed E-state index contributed by atoms with van der Waals surface area (Å²) in [5, 5.41) is 13.6. The van der Waals surface area contributed by atoms with Gasteiger partial charge in [-0.15, -0.1) is 11.8 Å². The number of fused-ring (bicyclic) bond motifs is 1. The largest absolute Gasteiger partial charge is 0.508 e. The van der Waals surface area contributed by atoms with Crippen LogP contribution in [-0.4, -0.2) is 11.0 Å². The van der Waals surface area contributed by atoms with Gasteiger partial charge in [0.05, 0.1) is 0 Å². The monoisotopic (exact) mass is 369 g/mol. The first kappa shape index (κ1) is 18.1. The summed E-state index contributed by atoms with van der Waals surface area (Å²) in [7, 11) is 0. The number of benzene rings is 2. The summed E-state index contributed by atoms with van der Waals surface area (Å²) in [4.78, 5) is 23.9. The number of nitrogens with one attached hydrogen (secondary N) is 1. The van der Waals surface area contributed by atoms with Gasteiger partial charge in [0.25, 0.3) is 0 Å². The minimum Gasteiger partial charge on any atom is -0.508 e. The molecule has 3 rings (SSSR count). The minimum absolute atomic E-state index is 0.108. The van der Waals surface area contributed by atoms with Crippen molar-refractivity contribution in [2.24, 2.45) is 0 Å². The number of carbonyl (C=O) groups is 1. The third-order valence-corrected chi connectivity index (χ3v) is 5.04. The first-order valence-electron chi connectivity index (χ1n) is 8.25. The molecule has 5 nitrogen and oxygen atoms in total. The van der Waals surface area contributed by atoms with Crippen molar-refractivity contribution < 1.29 is 14.3 Å². The lowest BCUT2D eigenvalue weighted by Gasteiger charge is -2.09. The second kappa shape index (κ2) is 7.66. The highest BCUT2D eigenvalue weighted by molar-refractivity contribution is 7.98. The second-order valence-corrected chi connectivity index (χ2v) is 6.96. The molecule has 0 aliphatic heterocycles. The van der Waals surface area contributed by atoms with Gasteiger partial charge in [-0.2, -0.15) is 0 Å². The van der Waals surface area contributed by atoms with Gasteiger partial charge in [0.1, 0.15) is 11.3 Å². The molecule has 0 saturated heterocycles. The normalized spacial score (nSPS) is 10.8. The lowest BCUT2D eigenvalue weighted by Crippen LogP contribution is -2.05. The fourth-order valence-corrected chi connectivity index (χ4v) is 3.60. The Hall–Kier alpha value is -2.73. The topological polar surface area (TPSA) is 79.5 Å². The van der Waals surface area contributed by atoms with Crippen molar-refractivity contribution in [2.75, 3.05) is 5.32 Å². The summed E-state index contributed by atoms with van der Waals surface area (Å²) < 4.78 is 5.22. The highest BCUT2D eigenvalue weighted by Gasteiger charge is 2.10. The van der Waals surface area contributed by atoms with Crippen LogP contribution in [0.4, 0.5) is 5.69 Å². The fraction of sp³-hybridized carbons (Fsp3) is 0.200. The van der Waals surface area contributed by atoms with Crippen LogP contribution in [0.3, 0.4) is 0 Å². The van der Waals surface area contributed by atoms with E-state index >= 15 is 0 Å². The number of amides is 1. The van der Waals surface area contributed by atoms with Crippen LogP contribution in [0.2, 0.25) is 0 Å². The molecule has 0 aliphatic rings. The zero-order chi connectivity index (χ0) is 18.7. The van der Waals surface area contributed by atoms with Gasteiger partial charge in [-0.1, -0.05) is 6.92 Å². The van der Waals surface area contributed by atoms with Crippen LogP contribution in [0.1, 0.15) is 25.0 Å². The van der Waals surface area contributed by atoms with E-state index in [2.05, 4.69) is 5.32 Å². The first-order valence-corrected chi connectivity index (χ1v) is 9.24. The van der Waals surface area contributed by atoms with Crippen molar-refractivity contribution in [2.45, 2.75) is 30.9 Å². The van der Waals surface area contributed by atoms with Gasteiger partial charge < -0.3 is 14.8 Å². The highest BCUT2D eigenvalue weighted by atomic mass is 32.2. The molecule has 1 aromatic heterocycles. The molecule has 26 heavy (non-hydrogen) atoms. The van der Waals surface area contributed by atoms with Gasteiger partial charge in [-0.3, -0.25) is 4.79 Å². The molecule has 0 fully saturated rings. The summed E-state index contributed by atoms with van der Waals surface area (Å²) in [5.74, 6) is 0.625. The Morgan fingerprint density at radius 1 is 1.15 bits per heavy atom. The summed E-state index contributed by atoms with van der Waals surface area (Å²) in [6.45, 7) is 3.43. The molecule has 134 valence electrons. The van der Waals surface area contributed by atoms with Gasteiger partial charge >= 0.3 is 5.63 Å². The maximum absolute atomic E-state index is 11.8. The third-order valence-electron chi connectivity index (χ3n) is 3.98. The van der Waals surface area contributed by atoms with Crippen LogP contribution in [0.25, 0.3) is 11.0 Å². The Kier molecular flexibility index (Phi) is 5.32. The second-order valence-electron chi connectivity index (χ2n) is 5.92. The van der Waals surface area contributed by atoms with Gasteiger partial charge in [-0.05, 0) is 47.9 Å². The molecule has 1 amide bonds. The van der Waals surface area contributed by atoms with E-state index in [4.69, 9.17) is 4.42 Å². The molecule has 6 heteroatoms. The van der Waals surface area contributed by atoms with Gasteiger partial charge in [0, 0.05) is 40.8 Å².